The van der Waals surface area contributed by atoms with Crippen LogP contribution in [0.2, 0.25) is 0 Å². The van der Waals surface area contributed by atoms with Gasteiger partial charge in [-0.3, -0.25) is 9.10 Å². The maximum absolute atomic E-state index is 15.5. The van der Waals surface area contributed by atoms with Gasteiger partial charge in [0.05, 0.1) is 36.3 Å². The maximum atomic E-state index is 15.5. The molecule has 18 heteroatoms. The highest BCUT2D eigenvalue weighted by Gasteiger charge is 2.33. The van der Waals surface area contributed by atoms with Crippen LogP contribution in [0.4, 0.5) is 19.9 Å². The molecule has 14 nitrogen and oxygen atoms in total. The zero-order valence-corrected chi connectivity index (χ0v) is 31.2. The first kappa shape index (κ1) is 39.9. The van der Waals surface area contributed by atoms with Crippen LogP contribution >= 0.6 is 23.6 Å². The number of carbonyl (C=O) groups is 3. The van der Waals surface area contributed by atoms with Crippen LogP contribution in [0.1, 0.15) is 57.6 Å². The Morgan fingerprint density at radius 3 is 2.22 bits per heavy atom. The highest BCUT2D eigenvalue weighted by atomic mass is 32.2. The predicted molar refractivity (Wildman–Crippen MR) is 191 cm³/mol. The summed E-state index contributed by atoms with van der Waals surface area (Å²) in [6, 6.07) is 9.58. The van der Waals surface area contributed by atoms with E-state index in [4.69, 9.17) is 32.2 Å². The minimum Gasteiger partial charge on any atom is -0.497 e. The number of ether oxygens (including phenoxy) is 3. The van der Waals surface area contributed by atoms with E-state index in [0.717, 1.165) is 33.8 Å². The number of alkyl carbamates (subject to hydrolysis) is 1. The van der Waals surface area contributed by atoms with E-state index < -0.39 is 49.9 Å². The van der Waals surface area contributed by atoms with Crippen molar-refractivity contribution < 1.29 is 41.4 Å². The fourth-order valence-electron chi connectivity index (χ4n) is 4.17. The Hall–Kier alpha value is -4.55. The lowest BCUT2D eigenvalue weighted by molar-refractivity contribution is -0.116. The van der Waals surface area contributed by atoms with Gasteiger partial charge in [0.25, 0.3) is 10.0 Å². The Kier molecular flexibility index (Phi) is 13.1. The average molecular weight is 753 g/mol. The number of sulfonamides is 1. The maximum Gasteiger partial charge on any atom is 0.407 e. The lowest BCUT2D eigenvalue weighted by atomic mass is 10.2. The summed E-state index contributed by atoms with van der Waals surface area (Å²) in [6.07, 6.45) is -0.666. The second-order valence-corrected chi connectivity index (χ2v) is 15.9. The van der Waals surface area contributed by atoms with Gasteiger partial charge in [-0.25, -0.2) is 27.4 Å². The van der Waals surface area contributed by atoms with Crippen molar-refractivity contribution in [3.05, 3.63) is 65.0 Å². The van der Waals surface area contributed by atoms with Crippen molar-refractivity contribution in [3.63, 3.8) is 0 Å². The third-order valence-electron chi connectivity index (χ3n) is 6.35. The van der Waals surface area contributed by atoms with Gasteiger partial charge < -0.3 is 35.5 Å². The summed E-state index contributed by atoms with van der Waals surface area (Å²) in [4.78, 5) is 42.7. The fraction of sp³-hybridized carbons (Fsp3) is 0.406. The number of anilines is 2. The van der Waals surface area contributed by atoms with Crippen LogP contribution in [0, 0.1) is 5.82 Å². The number of methoxy groups -OCH3 is 1. The van der Waals surface area contributed by atoms with E-state index >= 15 is 4.39 Å². The second kappa shape index (κ2) is 16.4. The molecule has 1 aromatic heterocycles. The number of esters is 1. The first-order chi connectivity index (χ1) is 23.2. The van der Waals surface area contributed by atoms with E-state index in [1.165, 1.54) is 17.5 Å². The van der Waals surface area contributed by atoms with Gasteiger partial charge in [-0.05, 0) is 89.7 Å². The highest BCUT2D eigenvalue weighted by molar-refractivity contribution is 7.93. The number of rotatable bonds is 13. The molecule has 0 unspecified atom stereocenters. The number of aromatic nitrogens is 1. The first-order valence-electron chi connectivity index (χ1n) is 15.1. The molecular formula is C32H41FN6O8S3. The number of nitrogens with one attached hydrogen (secondary N) is 2. The van der Waals surface area contributed by atoms with Crippen LogP contribution in [-0.4, -0.2) is 79.3 Å². The fourth-order valence-corrected chi connectivity index (χ4v) is 6.81. The van der Waals surface area contributed by atoms with Crippen molar-refractivity contribution in [1.82, 2.24) is 15.2 Å². The zero-order valence-electron chi connectivity index (χ0n) is 28.7. The smallest absolute Gasteiger partial charge is 0.407 e. The number of benzene rings is 2. The molecule has 0 aliphatic rings. The van der Waals surface area contributed by atoms with Crippen molar-refractivity contribution in [2.45, 2.75) is 64.2 Å². The molecule has 2 aromatic carbocycles. The van der Waals surface area contributed by atoms with Gasteiger partial charge in [-0.15, -0.1) is 11.3 Å². The minimum atomic E-state index is -4.54. The van der Waals surface area contributed by atoms with Crippen LogP contribution in [0.5, 0.6) is 5.75 Å². The third kappa shape index (κ3) is 11.5. The molecule has 0 radical (unpaired) electrons. The van der Waals surface area contributed by atoms with Crippen LogP contribution in [0.3, 0.4) is 0 Å². The Morgan fingerprint density at radius 2 is 1.66 bits per heavy atom. The molecule has 1 heterocycles. The summed E-state index contributed by atoms with van der Waals surface area (Å²) < 4.78 is 60.5. The van der Waals surface area contributed by atoms with Crippen LogP contribution in [0.15, 0.2) is 52.9 Å². The molecule has 3 rings (SSSR count). The molecule has 272 valence electrons. The third-order valence-corrected chi connectivity index (χ3v) is 9.31. The molecule has 0 fully saturated rings. The summed E-state index contributed by atoms with van der Waals surface area (Å²) in [5.41, 5.74) is 5.47. The van der Waals surface area contributed by atoms with Gasteiger partial charge >= 0.3 is 12.1 Å². The number of thiazole rings is 1. The molecule has 0 bridgehead atoms. The summed E-state index contributed by atoms with van der Waals surface area (Å²) in [5, 5.41) is 4.74. The van der Waals surface area contributed by atoms with Crippen LogP contribution < -0.4 is 25.4 Å². The summed E-state index contributed by atoms with van der Waals surface area (Å²) in [7, 11) is -3.05. The van der Waals surface area contributed by atoms with Crippen LogP contribution in [0.25, 0.3) is 0 Å². The van der Waals surface area contributed by atoms with Crippen molar-refractivity contribution in [1.29, 1.82) is 0 Å². The van der Waals surface area contributed by atoms with E-state index in [2.05, 4.69) is 15.6 Å². The predicted octanol–water partition coefficient (Wildman–Crippen LogP) is 4.65. The second-order valence-electron chi connectivity index (χ2n) is 12.7. The molecule has 50 heavy (non-hydrogen) atoms. The van der Waals surface area contributed by atoms with Gasteiger partial charge in [0.15, 0.2) is 10.8 Å². The molecule has 0 aliphatic heterocycles. The number of thiocarbonyl (C=S) groups is 1. The summed E-state index contributed by atoms with van der Waals surface area (Å²) in [5.74, 6) is -2.05. The molecular weight excluding hydrogens is 712 g/mol. The molecule has 2 amide bonds. The Bertz CT molecular complexity index is 1810. The van der Waals surface area contributed by atoms with Gasteiger partial charge in [0.1, 0.15) is 27.8 Å². The average Bonchev–Trinajstić information content (AvgIpc) is 3.48. The molecule has 0 saturated carbocycles. The molecule has 3 aromatic rings. The Labute approximate surface area is 300 Å². The molecule has 0 spiro atoms. The van der Waals surface area contributed by atoms with Crippen molar-refractivity contribution >= 4 is 67.3 Å². The van der Waals surface area contributed by atoms with Crippen molar-refractivity contribution in [2.75, 3.05) is 36.4 Å². The van der Waals surface area contributed by atoms with E-state index in [9.17, 15) is 22.8 Å². The number of hydrogen-bond donors (Lipinski definition) is 3. The molecule has 0 aliphatic carbocycles. The van der Waals surface area contributed by atoms with Gasteiger partial charge in [-0.1, -0.05) is 12.1 Å². The van der Waals surface area contributed by atoms with Gasteiger partial charge in [0.2, 0.25) is 5.91 Å². The van der Waals surface area contributed by atoms with E-state index in [1.807, 2.05) is 0 Å². The van der Waals surface area contributed by atoms with Crippen molar-refractivity contribution in [2.24, 2.45) is 5.73 Å². The number of carbonyl (C=O) groups excluding carboxylic acids is 3. The van der Waals surface area contributed by atoms with Crippen molar-refractivity contribution in [3.8, 4) is 5.75 Å². The SMILES string of the molecule is COc1ccc(CN(c2scnc2C(=O)OC(C)(C)C)S(=O)(=O)c2ccc(NC(=O)CN(CCNC(=O)OC(C)(C)C)C(N)=S)c(F)c2)cc1. The number of nitrogens with two attached hydrogens (primary N) is 1. The van der Waals surface area contributed by atoms with E-state index in [0.29, 0.717) is 11.3 Å². The summed E-state index contributed by atoms with van der Waals surface area (Å²) >= 11 is 5.91. The zero-order chi connectivity index (χ0) is 37.4. The Morgan fingerprint density at radius 1 is 1.02 bits per heavy atom. The number of hydrogen-bond acceptors (Lipinski definition) is 11. The first-order valence-corrected chi connectivity index (χ1v) is 17.9. The van der Waals surface area contributed by atoms with Crippen LogP contribution in [-0.2, 0) is 30.8 Å². The molecule has 0 atom stereocenters. The van der Waals surface area contributed by atoms with E-state index in [-0.39, 0.29) is 47.7 Å². The minimum absolute atomic E-state index is 0.0353. The van der Waals surface area contributed by atoms with Gasteiger partial charge in [-0.2, -0.15) is 0 Å². The molecule has 4 N–H and O–H groups in total. The number of halogens is 1. The van der Waals surface area contributed by atoms with Gasteiger partial charge in [0, 0.05) is 13.1 Å². The largest absolute Gasteiger partial charge is 0.497 e. The summed E-state index contributed by atoms with van der Waals surface area (Å²) in [6.45, 7) is 9.58. The molecule has 0 saturated heterocycles. The normalized spacial score (nSPS) is 11.7. The lowest BCUT2D eigenvalue weighted by Crippen LogP contribution is -2.45. The number of nitrogens with zero attached hydrogens (tertiary/aromatic N) is 3. The number of amides is 2. The Balaban J connectivity index is 1.85. The standard InChI is InChI=1S/C32H41FN6O8S3/c1-31(2,3)46-28(41)26-27(49-19-36-26)39(17-20-8-10-21(45-7)11-9-20)50(43,44)22-12-13-24(23(33)16-22)37-25(40)18-38(29(34)48)15-14-35-30(42)47-32(4,5)6/h8-13,16,19H,14-15,17-18H2,1-7H3,(H2,34,48)(H,35,42)(H,37,40). The van der Waals surface area contributed by atoms with E-state index in [1.54, 1.807) is 65.8 Å². The lowest BCUT2D eigenvalue weighted by Gasteiger charge is -2.25. The topological polar surface area (TPSA) is 182 Å². The monoisotopic (exact) mass is 752 g/mol. The quantitative estimate of drug-likeness (QED) is 0.163. The highest BCUT2D eigenvalue weighted by Crippen LogP contribution is 2.34.